The lowest BCUT2D eigenvalue weighted by molar-refractivity contribution is 0.620. The van der Waals surface area contributed by atoms with Gasteiger partial charge in [-0.2, -0.15) is 0 Å². The smallest absolute Gasteiger partial charge is 0.227 e. The van der Waals surface area contributed by atoms with Gasteiger partial charge in [-0.15, -0.1) is 32.8 Å². The molecule has 0 aliphatic heterocycles. The molecule has 0 amide bonds. The second-order valence-electron chi connectivity index (χ2n) is 13.3. The van der Waals surface area contributed by atoms with Gasteiger partial charge >= 0.3 is 0 Å². The zero-order valence-electron chi connectivity index (χ0n) is 29.6. The molecule has 0 unspecified atom stereocenters. The van der Waals surface area contributed by atoms with E-state index in [1.807, 2.05) is 42.5 Å². The summed E-state index contributed by atoms with van der Waals surface area (Å²) < 4.78 is 8.53. The monoisotopic (exact) mass is 691 g/mol. The Labute approximate surface area is 335 Å². The summed E-state index contributed by atoms with van der Waals surface area (Å²) in [4.78, 5) is 19.0. The summed E-state index contributed by atoms with van der Waals surface area (Å²) >= 11 is 0. The van der Waals surface area contributed by atoms with Crippen molar-refractivity contribution in [2.45, 2.75) is 0 Å². The SMILES string of the molecule is [B]c1c([B])c([B])c(-c2nc(-c3ccc4oc(-c5cccc(-n6c7ccccc7c7ccccc76)c5)nc4c3)nc(-c3c([B])c([B])c([B])c([B])c3[B])n2)c([B])c1[B]. The highest BCUT2D eigenvalue weighted by atomic mass is 16.3. The number of aromatic nitrogens is 5. The molecule has 6 aromatic carbocycles. The van der Waals surface area contributed by atoms with Crippen LogP contribution in [0, 0.1) is 0 Å². The van der Waals surface area contributed by atoms with Crippen molar-refractivity contribution in [2.75, 3.05) is 0 Å². The Hall–Kier alpha value is -5.75. The van der Waals surface area contributed by atoms with E-state index in [-0.39, 0.29) is 83.2 Å². The quantitative estimate of drug-likeness (QED) is 0.191. The molecule has 0 saturated heterocycles. The number of para-hydroxylation sites is 2. The number of fused-ring (bicyclic) bond motifs is 4. The van der Waals surface area contributed by atoms with Crippen LogP contribution in [0.5, 0.6) is 0 Å². The van der Waals surface area contributed by atoms with Gasteiger partial charge in [-0.3, -0.25) is 0 Å². The molecule has 0 N–H and O–H groups in total. The van der Waals surface area contributed by atoms with Gasteiger partial charge in [-0.25, -0.2) is 19.9 Å². The molecule has 20 radical (unpaired) electrons. The van der Waals surface area contributed by atoms with E-state index in [2.05, 4.69) is 39.9 Å². The maximum atomic E-state index is 6.45. The van der Waals surface area contributed by atoms with E-state index in [0.29, 0.717) is 22.6 Å². The zero-order chi connectivity index (χ0) is 39.2. The fourth-order valence-electron chi connectivity index (χ4n) is 7.08. The van der Waals surface area contributed by atoms with Gasteiger partial charge in [-0.05, 0) is 48.5 Å². The average molecular weight is 690 g/mol. The van der Waals surface area contributed by atoms with Gasteiger partial charge in [0.2, 0.25) is 5.89 Å². The van der Waals surface area contributed by atoms with Crippen molar-refractivity contribution in [1.29, 1.82) is 0 Å². The van der Waals surface area contributed by atoms with E-state index in [1.165, 1.54) is 0 Å². The molecule has 56 heavy (non-hydrogen) atoms. The molecule has 9 rings (SSSR count). The topological polar surface area (TPSA) is 69.6 Å². The summed E-state index contributed by atoms with van der Waals surface area (Å²) in [5.74, 6) is 0.562. The second-order valence-corrected chi connectivity index (χ2v) is 13.3. The highest BCUT2D eigenvalue weighted by molar-refractivity contribution is 6.69. The van der Waals surface area contributed by atoms with Crippen LogP contribution >= 0.6 is 0 Å². The standard InChI is InChI=1S/C40H15B10N5O/c41-27-25(28(42)32(46)35(49)31(27)45)38-52-37(53-39(54-38)26-29(43)33(47)36(50)34(48)30(26)44)16-12-13-24-21(15-16)51-40(56-24)17-6-5-7-18(14-17)55-22-10-3-1-8-19(22)20-9-2-4-11-23(20)55/h1-15H. The molecule has 0 spiro atoms. The van der Waals surface area contributed by atoms with Gasteiger partial charge in [0.15, 0.2) is 23.1 Å². The van der Waals surface area contributed by atoms with Crippen LogP contribution in [0.25, 0.3) is 84.2 Å². The Morgan fingerprint density at radius 3 is 1.43 bits per heavy atom. The molecule has 9 aromatic rings. The summed E-state index contributed by atoms with van der Waals surface area (Å²) in [6.45, 7) is 0. The Bertz CT molecular complexity index is 2930. The van der Waals surface area contributed by atoms with E-state index in [1.54, 1.807) is 18.2 Å². The average Bonchev–Trinajstić information content (AvgIpc) is 3.80. The molecule has 16 heteroatoms. The van der Waals surface area contributed by atoms with Crippen LogP contribution in [0.15, 0.2) is 95.4 Å². The van der Waals surface area contributed by atoms with Crippen molar-refractivity contribution in [3.8, 4) is 51.3 Å². The maximum absolute atomic E-state index is 6.45. The first-order valence-electron chi connectivity index (χ1n) is 17.2. The minimum absolute atomic E-state index is 0.00557. The van der Waals surface area contributed by atoms with E-state index in [9.17, 15) is 0 Å². The van der Waals surface area contributed by atoms with Gasteiger partial charge in [0.05, 0.1) is 11.0 Å². The Morgan fingerprint density at radius 1 is 0.411 bits per heavy atom. The number of nitrogens with zero attached hydrogens (tertiary/aromatic N) is 5. The van der Waals surface area contributed by atoms with Crippen LogP contribution in [-0.2, 0) is 0 Å². The van der Waals surface area contributed by atoms with Crippen LogP contribution < -0.4 is 54.6 Å². The Morgan fingerprint density at radius 2 is 0.893 bits per heavy atom. The van der Waals surface area contributed by atoms with Gasteiger partial charge in [-0.1, -0.05) is 64.3 Å². The summed E-state index contributed by atoms with van der Waals surface area (Å²) in [6, 6.07) is 30.0. The Balaban J connectivity index is 1.20. The van der Waals surface area contributed by atoms with Crippen molar-refractivity contribution in [1.82, 2.24) is 24.5 Å². The molecule has 0 fully saturated rings. The highest BCUT2D eigenvalue weighted by Gasteiger charge is 2.22. The maximum Gasteiger partial charge on any atom is 0.227 e. The van der Waals surface area contributed by atoms with E-state index >= 15 is 0 Å². The molecule has 236 valence electrons. The van der Waals surface area contributed by atoms with E-state index < -0.39 is 0 Å². The number of hydrogen-bond donors (Lipinski definition) is 0. The molecule has 3 heterocycles. The third-order valence-electron chi connectivity index (χ3n) is 10.1. The second kappa shape index (κ2) is 13.5. The first-order chi connectivity index (χ1) is 26.9. The predicted octanol–water partition coefficient (Wildman–Crippen LogP) is -2.28. The molecule has 0 aliphatic carbocycles. The number of oxazole rings is 1. The van der Waals surface area contributed by atoms with Crippen molar-refractivity contribution in [2.24, 2.45) is 0 Å². The van der Waals surface area contributed by atoms with Crippen molar-refractivity contribution >= 4 is 166 Å². The third kappa shape index (κ3) is 5.56. The van der Waals surface area contributed by atoms with Crippen LogP contribution in [0.2, 0.25) is 0 Å². The first kappa shape index (κ1) is 35.9. The molecule has 6 nitrogen and oxygen atoms in total. The zero-order valence-corrected chi connectivity index (χ0v) is 29.6. The summed E-state index contributed by atoms with van der Waals surface area (Å²) in [5.41, 5.74) is 5.86. The highest BCUT2D eigenvalue weighted by Crippen LogP contribution is 2.34. The van der Waals surface area contributed by atoms with Gasteiger partial charge in [0, 0.05) is 38.7 Å². The minimum atomic E-state index is -0.00557. The van der Waals surface area contributed by atoms with Crippen LogP contribution in [0.4, 0.5) is 0 Å². The lowest BCUT2D eigenvalue weighted by Gasteiger charge is -2.22. The molecule has 0 saturated carbocycles. The van der Waals surface area contributed by atoms with Crippen LogP contribution in [0.1, 0.15) is 0 Å². The van der Waals surface area contributed by atoms with Crippen molar-refractivity contribution in [3.63, 3.8) is 0 Å². The van der Waals surface area contributed by atoms with Crippen LogP contribution in [-0.4, -0.2) is 103 Å². The Kier molecular flexibility index (Phi) is 8.64. The third-order valence-corrected chi connectivity index (χ3v) is 10.1. The predicted molar refractivity (Wildman–Crippen MR) is 237 cm³/mol. The van der Waals surface area contributed by atoms with E-state index in [4.69, 9.17) is 97.8 Å². The minimum Gasteiger partial charge on any atom is -0.436 e. The first-order valence-corrected chi connectivity index (χ1v) is 17.2. The van der Waals surface area contributed by atoms with E-state index in [0.717, 1.165) is 33.1 Å². The lowest BCUT2D eigenvalue weighted by Crippen LogP contribution is -2.55. The number of rotatable bonds is 5. The number of hydrogen-bond acceptors (Lipinski definition) is 5. The molecular formula is C40H15B10N5O. The lowest BCUT2D eigenvalue weighted by atomic mass is 9.60. The molecule has 3 aromatic heterocycles. The summed E-state index contributed by atoms with van der Waals surface area (Å²) in [7, 11) is 62.9. The molecule has 0 aliphatic rings. The van der Waals surface area contributed by atoms with Crippen molar-refractivity contribution < 1.29 is 4.42 Å². The van der Waals surface area contributed by atoms with Gasteiger partial charge < -0.3 is 8.98 Å². The van der Waals surface area contributed by atoms with Crippen LogP contribution in [0.3, 0.4) is 0 Å². The van der Waals surface area contributed by atoms with Gasteiger partial charge in [0.1, 0.15) is 84.0 Å². The van der Waals surface area contributed by atoms with Crippen molar-refractivity contribution in [3.05, 3.63) is 91.0 Å². The summed E-state index contributed by atoms with van der Waals surface area (Å²) in [6.07, 6.45) is 0. The summed E-state index contributed by atoms with van der Waals surface area (Å²) in [5, 5.41) is 2.32. The normalized spacial score (nSPS) is 11.6. The molecular weight excluding hydrogens is 675 g/mol. The fourth-order valence-corrected chi connectivity index (χ4v) is 7.08. The largest absolute Gasteiger partial charge is 0.436 e. The fraction of sp³-hybridized carbons (Fsp3) is 0. The molecule has 0 atom stereocenters. The number of benzene rings is 6. The molecule has 0 bridgehead atoms. The van der Waals surface area contributed by atoms with Gasteiger partial charge in [0.25, 0.3) is 0 Å².